The predicted molar refractivity (Wildman–Crippen MR) is 112 cm³/mol. The molecule has 3 N–H and O–H groups in total. The highest BCUT2D eigenvalue weighted by molar-refractivity contribution is 5.94. The number of anilines is 1. The molecule has 0 saturated carbocycles. The molecule has 1 aromatic heterocycles. The van der Waals surface area contributed by atoms with Crippen molar-refractivity contribution in [3.8, 4) is 0 Å². The monoisotopic (exact) mass is 350 g/mol. The van der Waals surface area contributed by atoms with Gasteiger partial charge in [-0.15, -0.1) is 0 Å². The molecule has 0 aliphatic heterocycles. The number of ketones is 1. The highest BCUT2D eigenvalue weighted by Gasteiger charge is 2.14. The molecular weight excluding hydrogens is 320 g/mol. The first-order chi connectivity index (χ1) is 12.5. The first-order valence-corrected chi connectivity index (χ1v) is 9.51. The van der Waals surface area contributed by atoms with Crippen LogP contribution in [0, 0.1) is 6.92 Å². The first-order valence-electron chi connectivity index (χ1n) is 9.51. The van der Waals surface area contributed by atoms with E-state index in [2.05, 4.69) is 30.1 Å². The number of nitrogens with two attached hydrogens (primary N) is 1. The minimum atomic E-state index is 0.0484. The quantitative estimate of drug-likeness (QED) is 0.427. The average Bonchev–Trinajstić information content (AvgIpc) is 3.02. The summed E-state index contributed by atoms with van der Waals surface area (Å²) < 4.78 is 0. The zero-order valence-electron chi connectivity index (χ0n) is 16.4. The maximum atomic E-state index is 10.7. The molecule has 26 heavy (non-hydrogen) atoms. The van der Waals surface area contributed by atoms with Crippen LogP contribution in [-0.4, -0.2) is 10.8 Å². The topological polar surface area (TPSA) is 58.9 Å². The number of hydrogen-bond acceptors (Lipinski definition) is 2. The fourth-order valence-corrected chi connectivity index (χ4v) is 3.28. The lowest BCUT2D eigenvalue weighted by Gasteiger charge is -2.10. The van der Waals surface area contributed by atoms with Crippen LogP contribution in [0.25, 0.3) is 10.9 Å². The summed E-state index contributed by atoms with van der Waals surface area (Å²) in [5.74, 6) is 0.0484. The molecule has 0 radical (unpaired) electrons. The van der Waals surface area contributed by atoms with Gasteiger partial charge in [0.2, 0.25) is 0 Å². The van der Waals surface area contributed by atoms with Crippen molar-refractivity contribution in [1.82, 2.24) is 4.98 Å². The fraction of sp³-hybridized carbons (Fsp3) is 0.348. The SMILES string of the molecule is CC.CC(=O)c1cccc(N)c1.Cc1ccc2[nH]c3c(c2c1)CCCC3. The molecule has 1 aliphatic rings. The number of fused-ring (bicyclic) bond motifs is 3. The van der Waals surface area contributed by atoms with E-state index in [1.54, 1.807) is 29.8 Å². The molecular formula is C23H30N2O. The van der Waals surface area contributed by atoms with Crippen molar-refractivity contribution in [3.63, 3.8) is 0 Å². The second-order valence-electron chi connectivity index (χ2n) is 6.52. The van der Waals surface area contributed by atoms with Gasteiger partial charge in [0.15, 0.2) is 5.78 Å². The van der Waals surface area contributed by atoms with E-state index < -0.39 is 0 Å². The maximum Gasteiger partial charge on any atom is 0.159 e. The van der Waals surface area contributed by atoms with E-state index in [-0.39, 0.29) is 5.78 Å². The Morgan fingerprint density at radius 2 is 1.77 bits per heavy atom. The molecule has 0 amide bonds. The zero-order chi connectivity index (χ0) is 19.1. The van der Waals surface area contributed by atoms with Gasteiger partial charge in [0, 0.05) is 27.8 Å². The number of aromatic nitrogens is 1. The maximum absolute atomic E-state index is 10.7. The lowest BCUT2D eigenvalue weighted by molar-refractivity contribution is 0.101. The summed E-state index contributed by atoms with van der Waals surface area (Å²) in [6.07, 6.45) is 5.20. The Balaban J connectivity index is 0.000000180. The van der Waals surface area contributed by atoms with E-state index in [1.165, 1.54) is 54.8 Å². The third-order valence-corrected chi connectivity index (χ3v) is 4.55. The third kappa shape index (κ3) is 4.75. The van der Waals surface area contributed by atoms with Gasteiger partial charge in [0.05, 0.1) is 0 Å². The Hall–Kier alpha value is -2.55. The third-order valence-electron chi connectivity index (χ3n) is 4.55. The molecule has 0 unspecified atom stereocenters. The van der Waals surface area contributed by atoms with Gasteiger partial charge in [-0.25, -0.2) is 0 Å². The zero-order valence-corrected chi connectivity index (χ0v) is 16.4. The van der Waals surface area contributed by atoms with Gasteiger partial charge in [0.25, 0.3) is 0 Å². The van der Waals surface area contributed by atoms with Gasteiger partial charge in [0.1, 0.15) is 0 Å². The Labute approximate surface area is 156 Å². The number of H-pyrrole nitrogens is 1. The number of Topliss-reactive ketones (excluding diaryl/α,β-unsaturated/α-hetero) is 1. The second-order valence-corrected chi connectivity index (χ2v) is 6.52. The summed E-state index contributed by atoms with van der Waals surface area (Å²) in [4.78, 5) is 14.3. The lowest BCUT2D eigenvalue weighted by atomic mass is 9.95. The summed E-state index contributed by atoms with van der Waals surface area (Å²) in [5, 5.41) is 1.46. The predicted octanol–water partition coefficient (Wildman–Crippen LogP) is 5.85. The number of carbonyl (C=O) groups excluding carboxylic acids is 1. The molecule has 3 nitrogen and oxygen atoms in total. The molecule has 2 aromatic carbocycles. The van der Waals surface area contributed by atoms with Crippen LogP contribution in [0.5, 0.6) is 0 Å². The second kappa shape index (κ2) is 9.23. The van der Waals surface area contributed by atoms with Crippen molar-refractivity contribution in [2.45, 2.75) is 53.4 Å². The number of aryl methyl sites for hydroxylation is 3. The Kier molecular flexibility index (Phi) is 7.02. The summed E-state index contributed by atoms with van der Waals surface area (Å²) in [6, 6.07) is 13.7. The lowest BCUT2D eigenvalue weighted by Crippen LogP contribution is -1.99. The standard InChI is InChI=1S/C13H15N.C8H9NO.C2H6/c1-9-6-7-13-11(8-9)10-4-2-3-5-12(10)14-13;1-6(10)7-3-2-4-8(9)5-7;1-2/h6-8,14H,2-5H2,1H3;2-5H,9H2,1H3;1-2H3. The Bertz CT molecular complexity index is 877. The van der Waals surface area contributed by atoms with E-state index in [9.17, 15) is 4.79 Å². The van der Waals surface area contributed by atoms with E-state index in [4.69, 9.17) is 5.73 Å². The highest BCUT2D eigenvalue weighted by atomic mass is 16.1. The summed E-state index contributed by atoms with van der Waals surface area (Å²) in [5.41, 5.74) is 12.5. The number of nitrogen functional groups attached to an aromatic ring is 1. The molecule has 1 aliphatic carbocycles. The summed E-state index contributed by atoms with van der Waals surface area (Å²) >= 11 is 0. The van der Waals surface area contributed by atoms with Crippen molar-refractivity contribution < 1.29 is 4.79 Å². The van der Waals surface area contributed by atoms with Crippen molar-refractivity contribution in [2.75, 3.05) is 5.73 Å². The van der Waals surface area contributed by atoms with E-state index >= 15 is 0 Å². The smallest absolute Gasteiger partial charge is 0.159 e. The van der Waals surface area contributed by atoms with Gasteiger partial charge in [-0.3, -0.25) is 4.79 Å². The van der Waals surface area contributed by atoms with Crippen LogP contribution >= 0.6 is 0 Å². The highest BCUT2D eigenvalue weighted by Crippen LogP contribution is 2.29. The molecule has 4 rings (SSSR count). The van der Waals surface area contributed by atoms with Crippen LogP contribution in [0.1, 0.15) is 60.8 Å². The molecule has 3 heteroatoms. The van der Waals surface area contributed by atoms with Crippen molar-refractivity contribution in [1.29, 1.82) is 0 Å². The fourth-order valence-electron chi connectivity index (χ4n) is 3.28. The van der Waals surface area contributed by atoms with Gasteiger partial charge in [-0.2, -0.15) is 0 Å². The van der Waals surface area contributed by atoms with Crippen molar-refractivity contribution in [2.24, 2.45) is 0 Å². The molecule has 1 heterocycles. The van der Waals surface area contributed by atoms with E-state index in [0.717, 1.165) is 0 Å². The largest absolute Gasteiger partial charge is 0.399 e. The molecule has 3 aromatic rings. The average molecular weight is 351 g/mol. The first kappa shape index (κ1) is 19.8. The summed E-state index contributed by atoms with van der Waals surface area (Å²) in [7, 11) is 0. The van der Waals surface area contributed by atoms with E-state index in [1.807, 2.05) is 13.8 Å². The van der Waals surface area contributed by atoms with Gasteiger partial charge < -0.3 is 10.7 Å². The number of nitrogens with one attached hydrogen (secondary N) is 1. The molecule has 0 bridgehead atoms. The van der Waals surface area contributed by atoms with Gasteiger partial charge in [-0.05, 0) is 69.4 Å². The van der Waals surface area contributed by atoms with E-state index in [0.29, 0.717) is 11.3 Å². The molecule has 0 saturated heterocycles. The Morgan fingerprint density at radius 1 is 1.04 bits per heavy atom. The van der Waals surface area contributed by atoms with Crippen LogP contribution in [0.3, 0.4) is 0 Å². The van der Waals surface area contributed by atoms with Crippen LogP contribution < -0.4 is 5.73 Å². The molecule has 0 atom stereocenters. The molecule has 0 fully saturated rings. The van der Waals surface area contributed by atoms with Crippen LogP contribution in [-0.2, 0) is 12.8 Å². The summed E-state index contributed by atoms with van der Waals surface area (Å²) in [6.45, 7) is 7.69. The number of aromatic amines is 1. The van der Waals surface area contributed by atoms with Crippen LogP contribution in [0.15, 0.2) is 42.5 Å². The molecule has 0 spiro atoms. The van der Waals surface area contributed by atoms with Crippen LogP contribution in [0.4, 0.5) is 5.69 Å². The normalized spacial score (nSPS) is 12.3. The Morgan fingerprint density at radius 3 is 2.42 bits per heavy atom. The number of benzene rings is 2. The number of carbonyl (C=O) groups is 1. The van der Waals surface area contributed by atoms with Crippen LogP contribution in [0.2, 0.25) is 0 Å². The van der Waals surface area contributed by atoms with Gasteiger partial charge >= 0.3 is 0 Å². The number of hydrogen-bond donors (Lipinski definition) is 2. The number of rotatable bonds is 1. The minimum Gasteiger partial charge on any atom is -0.399 e. The van der Waals surface area contributed by atoms with Gasteiger partial charge in [-0.1, -0.05) is 37.6 Å². The van der Waals surface area contributed by atoms with Crippen molar-refractivity contribution in [3.05, 3.63) is 64.8 Å². The molecule has 138 valence electrons. The minimum absolute atomic E-state index is 0.0484. The van der Waals surface area contributed by atoms with Crippen molar-refractivity contribution >= 4 is 22.4 Å².